The Kier molecular flexibility index (Phi) is 6.50. The number of carbonyl (C=O) groups is 1. The first-order chi connectivity index (χ1) is 13.6. The highest BCUT2D eigenvalue weighted by Gasteiger charge is 2.08. The number of allylic oxidation sites excluding steroid dienone is 1. The quantitative estimate of drug-likeness (QED) is 0.395. The van der Waals surface area contributed by atoms with E-state index in [1.807, 2.05) is 37.3 Å². The van der Waals surface area contributed by atoms with E-state index in [1.165, 1.54) is 6.08 Å². The number of hydrogen-bond donors (Lipinski definition) is 0. The number of halogens is 1. The van der Waals surface area contributed by atoms with Crippen LogP contribution in [0.2, 0.25) is 5.02 Å². The van der Waals surface area contributed by atoms with Crippen molar-refractivity contribution in [3.63, 3.8) is 0 Å². The fourth-order valence-electron chi connectivity index (χ4n) is 2.63. The Morgan fingerprint density at radius 3 is 2.64 bits per heavy atom. The predicted octanol–water partition coefficient (Wildman–Crippen LogP) is 5.04. The van der Waals surface area contributed by atoms with Crippen molar-refractivity contribution < 1.29 is 14.3 Å². The van der Waals surface area contributed by atoms with Crippen LogP contribution in [0.1, 0.15) is 28.5 Å². The van der Waals surface area contributed by atoms with E-state index in [0.717, 1.165) is 23.4 Å². The first-order valence-corrected chi connectivity index (χ1v) is 9.28. The molecule has 0 N–H and O–H groups in total. The number of ether oxygens (including phenoxy) is 2. The molecule has 5 nitrogen and oxygen atoms in total. The molecule has 0 bridgehead atoms. The number of nitrogens with zero attached hydrogens (tertiary/aromatic N) is 2. The number of aromatic nitrogens is 2. The Bertz CT molecular complexity index is 978. The molecule has 0 saturated heterocycles. The van der Waals surface area contributed by atoms with Crippen LogP contribution in [0.3, 0.4) is 0 Å². The van der Waals surface area contributed by atoms with E-state index < -0.39 is 0 Å². The Labute approximate surface area is 169 Å². The number of carbonyl (C=O) groups excluding carboxylic acids is 1. The van der Waals surface area contributed by atoms with E-state index in [4.69, 9.17) is 21.1 Å². The standard InChI is InChI=1S/C22H21ClN2O3/c1-3-25-13-12-20(24-25)21(26)10-4-16-5-11-22(27-2)17(14-16)15-28-19-8-6-18(23)7-9-19/h4-14H,3,15H2,1-2H3/b10-4+. The van der Waals surface area contributed by atoms with Crippen LogP contribution in [0.15, 0.2) is 60.8 Å². The van der Waals surface area contributed by atoms with Crippen molar-refractivity contribution in [3.8, 4) is 11.5 Å². The lowest BCUT2D eigenvalue weighted by Gasteiger charge is -2.11. The maximum atomic E-state index is 12.3. The molecule has 0 fully saturated rings. The molecule has 0 aliphatic heterocycles. The highest BCUT2D eigenvalue weighted by atomic mass is 35.5. The normalized spacial score (nSPS) is 11.0. The summed E-state index contributed by atoms with van der Waals surface area (Å²) in [7, 11) is 1.62. The third-order valence-corrected chi connectivity index (χ3v) is 4.41. The zero-order valence-electron chi connectivity index (χ0n) is 15.8. The summed E-state index contributed by atoms with van der Waals surface area (Å²) in [4.78, 5) is 12.3. The minimum absolute atomic E-state index is 0.137. The molecule has 6 heteroatoms. The minimum Gasteiger partial charge on any atom is -0.496 e. The van der Waals surface area contributed by atoms with Crippen molar-refractivity contribution in [2.75, 3.05) is 7.11 Å². The lowest BCUT2D eigenvalue weighted by Crippen LogP contribution is -2.00. The Balaban J connectivity index is 1.72. The fraction of sp³-hybridized carbons (Fsp3) is 0.182. The summed E-state index contributed by atoms with van der Waals surface area (Å²) in [6, 6.07) is 14.6. The Morgan fingerprint density at radius 2 is 1.96 bits per heavy atom. The van der Waals surface area contributed by atoms with Crippen molar-refractivity contribution in [1.29, 1.82) is 0 Å². The van der Waals surface area contributed by atoms with Gasteiger partial charge in [-0.15, -0.1) is 0 Å². The number of benzene rings is 2. The average molecular weight is 397 g/mol. The second kappa shape index (κ2) is 9.24. The molecule has 0 aliphatic rings. The monoisotopic (exact) mass is 396 g/mol. The molecule has 28 heavy (non-hydrogen) atoms. The number of hydrogen-bond acceptors (Lipinski definition) is 4. The molecule has 144 valence electrons. The van der Waals surface area contributed by atoms with Gasteiger partial charge in [-0.05, 0) is 61.0 Å². The third kappa shape index (κ3) is 5.02. The summed E-state index contributed by atoms with van der Waals surface area (Å²) in [5, 5.41) is 4.88. The van der Waals surface area contributed by atoms with Crippen molar-refractivity contribution in [3.05, 3.63) is 82.6 Å². The lowest BCUT2D eigenvalue weighted by molar-refractivity contribution is 0.104. The SMILES string of the molecule is CCn1ccc(C(=O)/C=C/c2ccc(OC)c(COc3ccc(Cl)cc3)c2)n1. The summed E-state index contributed by atoms with van der Waals surface area (Å²) >= 11 is 5.89. The van der Waals surface area contributed by atoms with Crippen LogP contribution >= 0.6 is 11.6 Å². The second-order valence-corrected chi connectivity index (χ2v) is 6.50. The van der Waals surface area contributed by atoms with E-state index in [-0.39, 0.29) is 5.78 Å². The smallest absolute Gasteiger partial charge is 0.206 e. The zero-order chi connectivity index (χ0) is 19.9. The molecule has 0 amide bonds. The number of methoxy groups -OCH3 is 1. The average Bonchev–Trinajstić information content (AvgIpc) is 3.21. The third-order valence-electron chi connectivity index (χ3n) is 4.16. The van der Waals surface area contributed by atoms with E-state index in [1.54, 1.807) is 42.3 Å². The molecular formula is C22H21ClN2O3. The van der Waals surface area contributed by atoms with Crippen LogP contribution in [0, 0.1) is 0 Å². The van der Waals surface area contributed by atoms with E-state index in [2.05, 4.69) is 5.10 Å². The zero-order valence-corrected chi connectivity index (χ0v) is 16.5. The van der Waals surface area contributed by atoms with Crippen LogP contribution in [0.5, 0.6) is 11.5 Å². The molecule has 0 saturated carbocycles. The van der Waals surface area contributed by atoms with Gasteiger partial charge in [-0.1, -0.05) is 23.7 Å². The van der Waals surface area contributed by atoms with E-state index >= 15 is 0 Å². The summed E-state index contributed by atoms with van der Waals surface area (Å²) in [6.07, 6.45) is 5.08. The molecule has 0 unspecified atom stereocenters. The van der Waals surface area contributed by atoms with Crippen molar-refractivity contribution in [2.24, 2.45) is 0 Å². The Morgan fingerprint density at radius 1 is 1.18 bits per heavy atom. The summed E-state index contributed by atoms with van der Waals surface area (Å²) < 4.78 is 12.9. The minimum atomic E-state index is -0.137. The molecule has 2 aromatic carbocycles. The largest absolute Gasteiger partial charge is 0.496 e. The van der Waals surface area contributed by atoms with Gasteiger partial charge in [0.2, 0.25) is 5.78 Å². The van der Waals surface area contributed by atoms with Gasteiger partial charge in [0.1, 0.15) is 23.8 Å². The van der Waals surface area contributed by atoms with Gasteiger partial charge in [0, 0.05) is 23.3 Å². The van der Waals surface area contributed by atoms with Gasteiger partial charge in [0.25, 0.3) is 0 Å². The number of ketones is 1. The van der Waals surface area contributed by atoms with Crippen LogP contribution in [0.25, 0.3) is 6.08 Å². The molecule has 3 aromatic rings. The molecule has 0 aliphatic carbocycles. The van der Waals surface area contributed by atoms with Gasteiger partial charge in [-0.3, -0.25) is 9.48 Å². The second-order valence-electron chi connectivity index (χ2n) is 6.07. The molecule has 3 rings (SSSR count). The van der Waals surface area contributed by atoms with Crippen molar-refractivity contribution >= 4 is 23.5 Å². The molecule has 0 radical (unpaired) electrons. The van der Waals surface area contributed by atoms with Gasteiger partial charge in [-0.25, -0.2) is 0 Å². The predicted molar refractivity (Wildman–Crippen MR) is 110 cm³/mol. The van der Waals surface area contributed by atoms with E-state index in [9.17, 15) is 4.79 Å². The number of aryl methyl sites for hydroxylation is 1. The molecule has 1 aromatic heterocycles. The lowest BCUT2D eigenvalue weighted by atomic mass is 10.1. The van der Waals surface area contributed by atoms with Crippen molar-refractivity contribution in [2.45, 2.75) is 20.1 Å². The molecule has 0 spiro atoms. The van der Waals surface area contributed by atoms with Gasteiger partial charge in [0.05, 0.1) is 7.11 Å². The number of rotatable bonds is 8. The highest BCUT2D eigenvalue weighted by molar-refractivity contribution is 6.30. The summed E-state index contributed by atoms with van der Waals surface area (Å²) in [5.41, 5.74) is 2.18. The van der Waals surface area contributed by atoms with Crippen LogP contribution in [0.4, 0.5) is 0 Å². The topological polar surface area (TPSA) is 53.4 Å². The molecule has 1 heterocycles. The van der Waals surface area contributed by atoms with Crippen LogP contribution in [-0.4, -0.2) is 22.7 Å². The maximum absolute atomic E-state index is 12.3. The Hall–Kier alpha value is -3.05. The first kappa shape index (κ1) is 19.7. The van der Waals surface area contributed by atoms with E-state index in [0.29, 0.717) is 23.1 Å². The van der Waals surface area contributed by atoms with Gasteiger partial charge >= 0.3 is 0 Å². The molecular weight excluding hydrogens is 376 g/mol. The summed E-state index contributed by atoms with van der Waals surface area (Å²) in [6.45, 7) is 3.04. The van der Waals surface area contributed by atoms with Gasteiger partial charge in [-0.2, -0.15) is 5.10 Å². The fourth-order valence-corrected chi connectivity index (χ4v) is 2.76. The highest BCUT2D eigenvalue weighted by Crippen LogP contribution is 2.23. The molecule has 0 atom stereocenters. The maximum Gasteiger partial charge on any atom is 0.206 e. The first-order valence-electron chi connectivity index (χ1n) is 8.90. The van der Waals surface area contributed by atoms with Crippen LogP contribution < -0.4 is 9.47 Å². The van der Waals surface area contributed by atoms with Crippen LogP contribution in [-0.2, 0) is 13.2 Å². The van der Waals surface area contributed by atoms with Gasteiger partial charge in [0.15, 0.2) is 0 Å². The van der Waals surface area contributed by atoms with Crippen molar-refractivity contribution in [1.82, 2.24) is 9.78 Å². The summed E-state index contributed by atoms with van der Waals surface area (Å²) in [5.74, 6) is 1.30. The van der Waals surface area contributed by atoms with Gasteiger partial charge < -0.3 is 9.47 Å².